The van der Waals surface area contributed by atoms with Crippen LogP contribution in [0.4, 0.5) is 0 Å². The highest BCUT2D eigenvalue weighted by atomic mass is 14.7. The monoisotopic (exact) mass is 283 g/mol. The Hall–Kier alpha value is -2.67. The van der Waals surface area contributed by atoms with Gasteiger partial charge in [0.25, 0.3) is 0 Å². The van der Waals surface area contributed by atoms with Crippen LogP contribution in [0.2, 0.25) is 0 Å². The molecule has 1 aromatic heterocycles. The van der Waals surface area contributed by atoms with Gasteiger partial charge in [0.2, 0.25) is 0 Å². The van der Waals surface area contributed by atoms with E-state index in [-0.39, 0.29) is 0 Å². The number of aryl methyl sites for hydroxylation is 2. The third kappa shape index (κ3) is 1.98. The molecule has 3 aromatic carbocycles. The van der Waals surface area contributed by atoms with Gasteiger partial charge in [-0.15, -0.1) is 0 Å². The Morgan fingerprint density at radius 2 is 1.59 bits per heavy atom. The van der Waals surface area contributed by atoms with Crippen LogP contribution >= 0.6 is 0 Å². The predicted octanol–water partition coefficient (Wildman–Crippen LogP) is 5.67. The van der Waals surface area contributed by atoms with Crippen LogP contribution in [0.5, 0.6) is 0 Å². The van der Waals surface area contributed by atoms with E-state index in [1.165, 1.54) is 38.2 Å². The molecule has 1 heterocycles. The summed E-state index contributed by atoms with van der Waals surface area (Å²) in [5.74, 6) is 0. The van der Waals surface area contributed by atoms with E-state index in [1.54, 1.807) is 0 Å². The summed E-state index contributed by atoms with van der Waals surface area (Å²) in [5.41, 5.74) is 4.84. The maximum atomic E-state index is 4.67. The number of benzene rings is 3. The van der Waals surface area contributed by atoms with Crippen molar-refractivity contribution in [1.29, 1.82) is 0 Å². The van der Waals surface area contributed by atoms with Gasteiger partial charge in [-0.3, -0.25) is 4.98 Å². The molecular weight excluding hydrogens is 266 g/mol. The van der Waals surface area contributed by atoms with Gasteiger partial charge < -0.3 is 0 Å². The Labute approximate surface area is 130 Å². The lowest BCUT2D eigenvalue weighted by atomic mass is 9.96. The largest absolute Gasteiger partial charge is 0.256 e. The van der Waals surface area contributed by atoms with E-state index in [2.05, 4.69) is 79.5 Å². The molecule has 1 heteroatoms. The summed E-state index contributed by atoms with van der Waals surface area (Å²) in [6.45, 7) is 4.28. The lowest BCUT2D eigenvalue weighted by molar-refractivity contribution is 1.32. The van der Waals surface area contributed by atoms with Crippen LogP contribution in [0.15, 0.2) is 66.9 Å². The third-order valence-corrected chi connectivity index (χ3v) is 4.31. The summed E-state index contributed by atoms with van der Waals surface area (Å²) in [4.78, 5) is 4.67. The highest BCUT2D eigenvalue weighted by molar-refractivity contribution is 6.11. The van der Waals surface area contributed by atoms with Crippen LogP contribution < -0.4 is 0 Å². The summed E-state index contributed by atoms with van der Waals surface area (Å²) in [7, 11) is 0. The predicted molar refractivity (Wildman–Crippen MR) is 94.2 cm³/mol. The molecule has 1 nitrogen and oxygen atoms in total. The molecule has 0 saturated heterocycles. The highest BCUT2D eigenvalue weighted by Gasteiger charge is 2.09. The summed E-state index contributed by atoms with van der Waals surface area (Å²) < 4.78 is 0. The van der Waals surface area contributed by atoms with Gasteiger partial charge in [0.1, 0.15) is 0 Å². The molecule has 0 amide bonds. The Morgan fingerprint density at radius 1 is 0.727 bits per heavy atom. The molecule has 0 atom stereocenters. The fourth-order valence-corrected chi connectivity index (χ4v) is 3.23. The van der Waals surface area contributed by atoms with Gasteiger partial charge in [0.05, 0.1) is 5.69 Å². The van der Waals surface area contributed by atoms with Gasteiger partial charge in [-0.2, -0.15) is 0 Å². The number of rotatable bonds is 1. The van der Waals surface area contributed by atoms with Crippen LogP contribution in [-0.4, -0.2) is 4.98 Å². The first-order valence-electron chi connectivity index (χ1n) is 7.58. The molecule has 0 aliphatic heterocycles. The van der Waals surface area contributed by atoms with Crippen LogP contribution in [0.25, 0.3) is 32.8 Å². The molecule has 0 unspecified atom stereocenters. The minimum Gasteiger partial charge on any atom is -0.256 e. The molecule has 0 bridgehead atoms. The number of hydrogen-bond acceptors (Lipinski definition) is 1. The van der Waals surface area contributed by atoms with Crippen LogP contribution in [0.3, 0.4) is 0 Å². The standard InChI is InChI=1S/C21H17N/c1-14-7-9-17(15(2)13-14)21-20-10-8-16-5-3-4-6-18(16)19(20)11-12-22-21/h3-13H,1-2H3. The van der Waals surface area contributed by atoms with E-state index in [0.29, 0.717) is 0 Å². The van der Waals surface area contributed by atoms with Crippen molar-refractivity contribution >= 4 is 21.5 Å². The van der Waals surface area contributed by atoms with E-state index in [0.717, 1.165) is 5.69 Å². The fourth-order valence-electron chi connectivity index (χ4n) is 3.23. The van der Waals surface area contributed by atoms with Crippen molar-refractivity contribution in [3.05, 3.63) is 78.0 Å². The van der Waals surface area contributed by atoms with Gasteiger partial charge in [-0.1, -0.05) is 60.2 Å². The lowest BCUT2D eigenvalue weighted by Crippen LogP contribution is -1.90. The molecule has 22 heavy (non-hydrogen) atoms. The normalized spacial score (nSPS) is 11.2. The Kier molecular flexibility index (Phi) is 2.93. The van der Waals surface area contributed by atoms with Crippen molar-refractivity contribution in [2.75, 3.05) is 0 Å². The smallest absolute Gasteiger partial charge is 0.0783 e. The number of pyridine rings is 1. The van der Waals surface area contributed by atoms with Crippen LogP contribution in [0.1, 0.15) is 11.1 Å². The molecule has 4 rings (SSSR count). The summed E-state index contributed by atoms with van der Waals surface area (Å²) >= 11 is 0. The molecule has 0 N–H and O–H groups in total. The van der Waals surface area contributed by atoms with Crippen molar-refractivity contribution in [3.63, 3.8) is 0 Å². The second-order valence-electron chi connectivity index (χ2n) is 5.86. The van der Waals surface area contributed by atoms with Gasteiger partial charge in [-0.05, 0) is 41.6 Å². The third-order valence-electron chi connectivity index (χ3n) is 4.31. The molecule has 0 spiro atoms. The Morgan fingerprint density at radius 3 is 2.45 bits per heavy atom. The first-order chi connectivity index (χ1) is 10.7. The van der Waals surface area contributed by atoms with E-state index < -0.39 is 0 Å². The van der Waals surface area contributed by atoms with Gasteiger partial charge in [0.15, 0.2) is 0 Å². The highest BCUT2D eigenvalue weighted by Crippen LogP contribution is 2.33. The average molecular weight is 283 g/mol. The number of nitrogens with zero attached hydrogens (tertiary/aromatic N) is 1. The Balaban J connectivity index is 2.09. The van der Waals surface area contributed by atoms with Crippen molar-refractivity contribution in [3.8, 4) is 11.3 Å². The molecule has 0 radical (unpaired) electrons. The minimum atomic E-state index is 1.07. The molecule has 0 aliphatic carbocycles. The van der Waals surface area contributed by atoms with Gasteiger partial charge in [0, 0.05) is 17.1 Å². The number of fused-ring (bicyclic) bond motifs is 3. The van der Waals surface area contributed by atoms with Crippen molar-refractivity contribution in [1.82, 2.24) is 4.98 Å². The maximum Gasteiger partial charge on any atom is 0.0783 e. The van der Waals surface area contributed by atoms with Crippen molar-refractivity contribution in [2.24, 2.45) is 0 Å². The summed E-state index contributed by atoms with van der Waals surface area (Å²) in [6, 6.07) is 21.6. The molecular formula is C21H17N. The fraction of sp³-hybridized carbons (Fsp3) is 0.0952. The first kappa shape index (κ1) is 13.0. The van der Waals surface area contributed by atoms with Crippen LogP contribution in [0, 0.1) is 13.8 Å². The molecule has 106 valence electrons. The molecule has 0 aliphatic rings. The van der Waals surface area contributed by atoms with Gasteiger partial charge in [-0.25, -0.2) is 0 Å². The first-order valence-corrected chi connectivity index (χ1v) is 7.58. The molecule has 0 saturated carbocycles. The number of hydrogen-bond donors (Lipinski definition) is 0. The van der Waals surface area contributed by atoms with E-state index >= 15 is 0 Å². The Bertz CT molecular complexity index is 999. The number of aromatic nitrogens is 1. The van der Waals surface area contributed by atoms with Gasteiger partial charge >= 0.3 is 0 Å². The zero-order chi connectivity index (χ0) is 15.1. The maximum absolute atomic E-state index is 4.67. The quantitative estimate of drug-likeness (QED) is 0.410. The van der Waals surface area contributed by atoms with E-state index in [9.17, 15) is 0 Å². The van der Waals surface area contributed by atoms with Crippen molar-refractivity contribution < 1.29 is 0 Å². The SMILES string of the molecule is Cc1ccc(-c2nccc3c2ccc2ccccc23)c(C)c1. The van der Waals surface area contributed by atoms with Crippen molar-refractivity contribution in [2.45, 2.75) is 13.8 Å². The minimum absolute atomic E-state index is 1.07. The zero-order valence-corrected chi connectivity index (χ0v) is 12.8. The lowest BCUT2D eigenvalue weighted by Gasteiger charge is -2.11. The second-order valence-corrected chi connectivity index (χ2v) is 5.86. The second kappa shape index (κ2) is 4.96. The van der Waals surface area contributed by atoms with Crippen LogP contribution in [-0.2, 0) is 0 Å². The van der Waals surface area contributed by atoms with E-state index in [1.807, 2.05) is 6.20 Å². The molecule has 4 aromatic rings. The van der Waals surface area contributed by atoms with E-state index in [4.69, 9.17) is 0 Å². The molecule has 0 fully saturated rings. The average Bonchev–Trinajstić information content (AvgIpc) is 2.54. The topological polar surface area (TPSA) is 12.9 Å². The summed E-state index contributed by atoms with van der Waals surface area (Å²) in [6.07, 6.45) is 1.92. The zero-order valence-electron chi connectivity index (χ0n) is 12.8. The summed E-state index contributed by atoms with van der Waals surface area (Å²) in [5, 5.41) is 5.04.